The highest BCUT2D eigenvalue weighted by atomic mass is 35.5. The van der Waals surface area contributed by atoms with Gasteiger partial charge in [0.05, 0.1) is 16.6 Å². The molecule has 24 heavy (non-hydrogen) atoms. The number of rotatable bonds is 3. The normalized spacial score (nSPS) is 17.5. The Balaban J connectivity index is 1.58. The van der Waals surface area contributed by atoms with E-state index in [0.29, 0.717) is 35.4 Å². The second-order valence-corrected chi connectivity index (χ2v) is 5.96. The van der Waals surface area contributed by atoms with Crippen molar-refractivity contribution in [2.75, 3.05) is 11.4 Å². The maximum atomic E-state index is 12.4. The fourth-order valence-electron chi connectivity index (χ4n) is 2.79. The zero-order valence-corrected chi connectivity index (χ0v) is 13.3. The first-order valence-electron chi connectivity index (χ1n) is 7.51. The fourth-order valence-corrected chi connectivity index (χ4v) is 3.03. The summed E-state index contributed by atoms with van der Waals surface area (Å²) in [5, 5.41) is 4.54. The molecule has 0 N–H and O–H groups in total. The van der Waals surface area contributed by atoms with Crippen molar-refractivity contribution in [3.8, 4) is 11.4 Å². The van der Waals surface area contributed by atoms with Gasteiger partial charge in [0.2, 0.25) is 17.6 Å². The molecule has 120 valence electrons. The van der Waals surface area contributed by atoms with E-state index in [4.69, 9.17) is 16.1 Å². The summed E-state index contributed by atoms with van der Waals surface area (Å²) in [4.78, 5) is 22.5. The largest absolute Gasteiger partial charge is 0.339 e. The molecule has 0 saturated carbocycles. The minimum atomic E-state index is -0.147. The van der Waals surface area contributed by atoms with E-state index in [-0.39, 0.29) is 11.8 Å². The monoisotopic (exact) mass is 340 g/mol. The van der Waals surface area contributed by atoms with Crippen molar-refractivity contribution in [1.29, 1.82) is 0 Å². The van der Waals surface area contributed by atoms with E-state index in [2.05, 4.69) is 15.1 Å². The van der Waals surface area contributed by atoms with Gasteiger partial charge >= 0.3 is 0 Å². The third-order valence-corrected chi connectivity index (χ3v) is 4.30. The van der Waals surface area contributed by atoms with E-state index in [0.717, 1.165) is 5.56 Å². The lowest BCUT2D eigenvalue weighted by Crippen LogP contribution is -2.24. The Morgan fingerprint density at radius 2 is 2.08 bits per heavy atom. The van der Waals surface area contributed by atoms with E-state index >= 15 is 0 Å². The summed E-state index contributed by atoms with van der Waals surface area (Å²) in [5.74, 6) is 0.777. The van der Waals surface area contributed by atoms with E-state index in [1.165, 1.54) is 0 Å². The summed E-state index contributed by atoms with van der Waals surface area (Å²) in [6, 6.07) is 11.0. The van der Waals surface area contributed by atoms with Crippen molar-refractivity contribution in [2.45, 2.75) is 12.3 Å². The van der Waals surface area contributed by atoms with Crippen molar-refractivity contribution in [2.24, 2.45) is 0 Å². The Labute approximate surface area is 143 Å². The van der Waals surface area contributed by atoms with Crippen LogP contribution in [0, 0.1) is 0 Å². The van der Waals surface area contributed by atoms with Crippen LogP contribution in [0.5, 0.6) is 0 Å². The summed E-state index contributed by atoms with van der Waals surface area (Å²) in [6.45, 7) is 0.469. The molecule has 1 amide bonds. The van der Waals surface area contributed by atoms with Crippen molar-refractivity contribution in [3.05, 3.63) is 59.7 Å². The molecule has 3 aromatic rings. The van der Waals surface area contributed by atoms with Gasteiger partial charge in [-0.05, 0) is 24.3 Å². The first kappa shape index (κ1) is 14.8. The lowest BCUT2D eigenvalue weighted by molar-refractivity contribution is -0.117. The zero-order chi connectivity index (χ0) is 16.5. The number of hydrogen-bond donors (Lipinski definition) is 0. The minimum absolute atomic E-state index is 0.00534. The van der Waals surface area contributed by atoms with Crippen LogP contribution in [0.1, 0.15) is 18.2 Å². The number of aromatic nitrogens is 3. The lowest BCUT2D eigenvalue weighted by atomic mass is 10.1. The molecular weight excluding hydrogens is 328 g/mol. The van der Waals surface area contributed by atoms with Gasteiger partial charge in [-0.1, -0.05) is 28.9 Å². The highest BCUT2D eigenvalue weighted by Gasteiger charge is 2.35. The standard InChI is InChI=1S/C17H13ClN4O2/c18-13-5-1-2-6-14(13)22-10-12(8-15(22)23)17-20-16(21-24-17)11-4-3-7-19-9-11/h1-7,9,12H,8,10H2. The number of carbonyl (C=O) groups is 1. The predicted molar refractivity (Wildman–Crippen MR) is 88.7 cm³/mol. The van der Waals surface area contributed by atoms with Gasteiger partial charge in [-0.3, -0.25) is 9.78 Å². The van der Waals surface area contributed by atoms with Crippen LogP contribution in [0.3, 0.4) is 0 Å². The quantitative estimate of drug-likeness (QED) is 0.731. The topological polar surface area (TPSA) is 72.1 Å². The molecule has 1 aromatic carbocycles. The molecule has 0 aliphatic carbocycles. The van der Waals surface area contributed by atoms with Crippen LogP contribution in [0.25, 0.3) is 11.4 Å². The maximum Gasteiger partial charge on any atom is 0.232 e. The Morgan fingerprint density at radius 1 is 1.21 bits per heavy atom. The van der Waals surface area contributed by atoms with Gasteiger partial charge in [0.25, 0.3) is 0 Å². The molecule has 4 rings (SSSR count). The van der Waals surface area contributed by atoms with Crippen molar-refractivity contribution >= 4 is 23.2 Å². The van der Waals surface area contributed by atoms with Gasteiger partial charge in [0.15, 0.2) is 0 Å². The van der Waals surface area contributed by atoms with Crippen LogP contribution in [0.2, 0.25) is 5.02 Å². The van der Waals surface area contributed by atoms with E-state index in [9.17, 15) is 4.79 Å². The second-order valence-electron chi connectivity index (χ2n) is 5.55. The van der Waals surface area contributed by atoms with Gasteiger partial charge in [-0.15, -0.1) is 0 Å². The fraction of sp³-hybridized carbons (Fsp3) is 0.176. The summed E-state index contributed by atoms with van der Waals surface area (Å²) in [5.41, 5.74) is 1.48. The van der Waals surface area contributed by atoms with Crippen LogP contribution in [-0.4, -0.2) is 27.6 Å². The van der Waals surface area contributed by atoms with Gasteiger partial charge in [0, 0.05) is 30.9 Å². The van der Waals surface area contributed by atoms with Crippen molar-refractivity contribution in [1.82, 2.24) is 15.1 Å². The minimum Gasteiger partial charge on any atom is -0.339 e. The molecule has 1 saturated heterocycles. The van der Waals surface area contributed by atoms with Crippen LogP contribution in [0.4, 0.5) is 5.69 Å². The highest BCUT2D eigenvalue weighted by molar-refractivity contribution is 6.33. The SMILES string of the molecule is O=C1CC(c2nc(-c3cccnc3)no2)CN1c1ccccc1Cl. The molecule has 3 heterocycles. The lowest BCUT2D eigenvalue weighted by Gasteiger charge is -2.17. The van der Waals surface area contributed by atoms with Crippen molar-refractivity contribution in [3.63, 3.8) is 0 Å². The average molecular weight is 341 g/mol. The summed E-state index contributed by atoms with van der Waals surface area (Å²) < 4.78 is 5.36. The Hall–Kier alpha value is -2.73. The third kappa shape index (κ3) is 2.65. The summed E-state index contributed by atoms with van der Waals surface area (Å²) >= 11 is 6.20. The Kier molecular flexibility index (Phi) is 3.74. The van der Waals surface area contributed by atoms with Gasteiger partial charge in [-0.2, -0.15) is 4.98 Å². The third-order valence-electron chi connectivity index (χ3n) is 3.98. The molecule has 1 fully saturated rings. The maximum absolute atomic E-state index is 12.4. The smallest absolute Gasteiger partial charge is 0.232 e. The first-order chi connectivity index (χ1) is 11.7. The number of anilines is 1. The highest BCUT2D eigenvalue weighted by Crippen LogP contribution is 2.35. The molecule has 7 heteroatoms. The van der Waals surface area contributed by atoms with Crippen LogP contribution < -0.4 is 4.90 Å². The van der Waals surface area contributed by atoms with Gasteiger partial charge < -0.3 is 9.42 Å². The number of hydrogen-bond acceptors (Lipinski definition) is 5. The molecule has 0 spiro atoms. The molecule has 2 aromatic heterocycles. The van der Waals surface area contributed by atoms with Crippen LogP contribution in [0.15, 0.2) is 53.3 Å². The van der Waals surface area contributed by atoms with Gasteiger partial charge in [-0.25, -0.2) is 0 Å². The Morgan fingerprint density at radius 3 is 2.88 bits per heavy atom. The molecule has 6 nitrogen and oxygen atoms in total. The number of amides is 1. The van der Waals surface area contributed by atoms with Crippen LogP contribution in [-0.2, 0) is 4.79 Å². The number of halogens is 1. The molecule has 1 aliphatic heterocycles. The molecule has 1 aliphatic rings. The summed E-state index contributed by atoms with van der Waals surface area (Å²) in [6.07, 6.45) is 3.67. The molecular formula is C17H13ClN4O2. The number of pyridine rings is 1. The molecule has 1 unspecified atom stereocenters. The molecule has 1 atom stereocenters. The van der Waals surface area contributed by atoms with Crippen LogP contribution >= 0.6 is 11.6 Å². The number of benzene rings is 1. The van der Waals surface area contributed by atoms with E-state index in [1.807, 2.05) is 30.3 Å². The number of para-hydroxylation sites is 1. The number of nitrogens with zero attached hydrogens (tertiary/aromatic N) is 4. The van der Waals surface area contributed by atoms with Crippen molar-refractivity contribution < 1.29 is 9.32 Å². The summed E-state index contributed by atoms with van der Waals surface area (Å²) in [7, 11) is 0. The second kappa shape index (κ2) is 6.05. The average Bonchev–Trinajstić information content (AvgIpc) is 3.23. The van der Waals surface area contributed by atoms with E-state index < -0.39 is 0 Å². The van der Waals surface area contributed by atoms with E-state index in [1.54, 1.807) is 23.4 Å². The first-order valence-corrected chi connectivity index (χ1v) is 7.89. The van der Waals surface area contributed by atoms with Gasteiger partial charge in [0.1, 0.15) is 0 Å². The molecule has 0 radical (unpaired) electrons. The molecule has 0 bridgehead atoms. The zero-order valence-electron chi connectivity index (χ0n) is 12.6. The predicted octanol–water partition coefficient (Wildman–Crippen LogP) is 3.31. The Bertz CT molecular complexity index is 881. The number of carbonyl (C=O) groups excluding carboxylic acids is 1.